The van der Waals surface area contributed by atoms with Gasteiger partial charge < -0.3 is 5.32 Å². The highest BCUT2D eigenvalue weighted by Crippen LogP contribution is 2.07. The number of nitrogens with zero attached hydrogens (tertiary/aromatic N) is 4. The normalized spacial score (nSPS) is 11.9. The molecule has 0 fully saturated rings. The Labute approximate surface area is 114 Å². The van der Waals surface area contributed by atoms with Gasteiger partial charge in [-0.1, -0.05) is 0 Å². The van der Waals surface area contributed by atoms with E-state index in [2.05, 4.69) is 48.0 Å². The highest BCUT2D eigenvalue weighted by molar-refractivity contribution is 5.45. The van der Waals surface area contributed by atoms with Crippen molar-refractivity contribution in [1.29, 1.82) is 0 Å². The van der Waals surface area contributed by atoms with Gasteiger partial charge >= 0.3 is 0 Å². The zero-order chi connectivity index (χ0) is 13.8. The molecule has 0 aliphatic rings. The van der Waals surface area contributed by atoms with Crippen molar-refractivity contribution in [3.8, 4) is 0 Å². The van der Waals surface area contributed by atoms with Crippen molar-refractivity contribution in [3.05, 3.63) is 24.5 Å². The molecule has 0 saturated heterocycles. The number of hydrogen-bond donors (Lipinski definition) is 1. The fourth-order valence-corrected chi connectivity index (χ4v) is 2.34. The minimum Gasteiger partial charge on any atom is -0.369 e. The Kier molecular flexibility index (Phi) is 4.37. The number of anilines is 1. The highest BCUT2D eigenvalue weighted by Gasteiger charge is 2.12. The summed E-state index contributed by atoms with van der Waals surface area (Å²) in [5.41, 5.74) is 0.870. The van der Waals surface area contributed by atoms with Gasteiger partial charge in [0, 0.05) is 37.4 Å². The summed E-state index contributed by atoms with van der Waals surface area (Å²) in [6.45, 7) is 10.8. The first-order chi connectivity index (χ1) is 9.08. The van der Waals surface area contributed by atoms with Crippen molar-refractivity contribution in [2.75, 3.05) is 18.4 Å². The molecule has 2 rings (SSSR count). The average Bonchev–Trinajstić information content (AvgIpc) is 2.80. The molecule has 2 aromatic rings. The SMILES string of the molecule is CC(C)N(CCNc1ccn2nccc2n1)C(C)C. The fourth-order valence-electron chi connectivity index (χ4n) is 2.34. The summed E-state index contributed by atoms with van der Waals surface area (Å²) < 4.78 is 1.76. The topological polar surface area (TPSA) is 45.5 Å². The van der Waals surface area contributed by atoms with Gasteiger partial charge in [0.15, 0.2) is 5.65 Å². The third-order valence-corrected chi connectivity index (χ3v) is 3.26. The van der Waals surface area contributed by atoms with Gasteiger partial charge in [0.05, 0.1) is 6.20 Å². The number of fused-ring (bicyclic) bond motifs is 1. The molecular formula is C14H23N5. The Morgan fingerprint density at radius 1 is 1.21 bits per heavy atom. The molecule has 2 aromatic heterocycles. The van der Waals surface area contributed by atoms with E-state index in [1.54, 1.807) is 10.7 Å². The average molecular weight is 261 g/mol. The largest absolute Gasteiger partial charge is 0.369 e. The van der Waals surface area contributed by atoms with Crippen LogP contribution in [0.25, 0.3) is 5.65 Å². The molecule has 19 heavy (non-hydrogen) atoms. The van der Waals surface area contributed by atoms with Crippen LogP contribution in [-0.4, -0.2) is 44.7 Å². The molecule has 0 saturated carbocycles. The zero-order valence-corrected chi connectivity index (χ0v) is 12.2. The Morgan fingerprint density at radius 3 is 2.63 bits per heavy atom. The maximum absolute atomic E-state index is 4.49. The van der Waals surface area contributed by atoms with Crippen molar-refractivity contribution >= 4 is 11.5 Å². The first-order valence-electron chi connectivity index (χ1n) is 6.88. The predicted octanol–water partition coefficient (Wildman–Crippen LogP) is 2.26. The molecule has 1 N–H and O–H groups in total. The molecule has 0 aromatic carbocycles. The third kappa shape index (κ3) is 3.44. The summed E-state index contributed by atoms with van der Waals surface area (Å²) in [7, 11) is 0. The highest BCUT2D eigenvalue weighted by atomic mass is 15.2. The van der Waals surface area contributed by atoms with E-state index in [1.165, 1.54) is 0 Å². The lowest BCUT2D eigenvalue weighted by molar-refractivity contribution is 0.182. The van der Waals surface area contributed by atoms with Crippen LogP contribution in [0.4, 0.5) is 5.82 Å². The zero-order valence-electron chi connectivity index (χ0n) is 12.2. The molecule has 0 spiro atoms. The van der Waals surface area contributed by atoms with Gasteiger partial charge in [-0.2, -0.15) is 5.10 Å². The van der Waals surface area contributed by atoms with Crippen LogP contribution >= 0.6 is 0 Å². The van der Waals surface area contributed by atoms with Gasteiger partial charge in [0.25, 0.3) is 0 Å². The first-order valence-corrected chi connectivity index (χ1v) is 6.88. The summed E-state index contributed by atoms with van der Waals surface area (Å²) in [5.74, 6) is 0.903. The summed E-state index contributed by atoms with van der Waals surface area (Å²) in [5, 5.41) is 7.51. The van der Waals surface area contributed by atoms with Gasteiger partial charge in [0.2, 0.25) is 0 Å². The van der Waals surface area contributed by atoms with E-state index in [0.29, 0.717) is 12.1 Å². The van der Waals surface area contributed by atoms with Crippen molar-refractivity contribution in [1.82, 2.24) is 19.5 Å². The number of aromatic nitrogens is 3. The summed E-state index contributed by atoms with van der Waals surface area (Å²) in [6.07, 6.45) is 3.68. The monoisotopic (exact) mass is 261 g/mol. The van der Waals surface area contributed by atoms with Crippen LogP contribution in [0.2, 0.25) is 0 Å². The van der Waals surface area contributed by atoms with E-state index >= 15 is 0 Å². The number of rotatable bonds is 6. The molecule has 0 unspecified atom stereocenters. The lowest BCUT2D eigenvalue weighted by Gasteiger charge is -2.30. The molecule has 5 heteroatoms. The quantitative estimate of drug-likeness (QED) is 0.866. The second-order valence-corrected chi connectivity index (χ2v) is 5.30. The van der Waals surface area contributed by atoms with Gasteiger partial charge in [0.1, 0.15) is 5.82 Å². The van der Waals surface area contributed by atoms with Crippen LogP contribution in [0.15, 0.2) is 24.5 Å². The second-order valence-electron chi connectivity index (χ2n) is 5.30. The van der Waals surface area contributed by atoms with Gasteiger partial charge in [-0.25, -0.2) is 9.50 Å². The Morgan fingerprint density at radius 2 is 1.95 bits per heavy atom. The summed E-state index contributed by atoms with van der Waals surface area (Å²) in [6, 6.07) is 4.98. The lowest BCUT2D eigenvalue weighted by Crippen LogP contribution is -2.40. The van der Waals surface area contributed by atoms with E-state index in [1.807, 2.05) is 18.3 Å². The summed E-state index contributed by atoms with van der Waals surface area (Å²) in [4.78, 5) is 6.96. The number of hydrogen-bond acceptors (Lipinski definition) is 4. The van der Waals surface area contributed by atoms with Gasteiger partial charge in [-0.05, 0) is 33.8 Å². The van der Waals surface area contributed by atoms with E-state index in [-0.39, 0.29) is 0 Å². The van der Waals surface area contributed by atoms with Crippen LogP contribution in [0.1, 0.15) is 27.7 Å². The lowest BCUT2D eigenvalue weighted by atomic mass is 10.2. The maximum atomic E-state index is 4.49. The fraction of sp³-hybridized carbons (Fsp3) is 0.571. The van der Waals surface area contributed by atoms with E-state index in [0.717, 1.165) is 24.6 Å². The van der Waals surface area contributed by atoms with Gasteiger partial charge in [-0.3, -0.25) is 4.90 Å². The van der Waals surface area contributed by atoms with Crippen LogP contribution < -0.4 is 5.32 Å². The molecule has 0 amide bonds. The van der Waals surface area contributed by atoms with Crippen LogP contribution in [0, 0.1) is 0 Å². The molecular weight excluding hydrogens is 238 g/mol. The van der Waals surface area contributed by atoms with Crippen molar-refractivity contribution in [2.24, 2.45) is 0 Å². The molecule has 0 radical (unpaired) electrons. The second kappa shape index (κ2) is 6.02. The minimum absolute atomic E-state index is 0.562. The van der Waals surface area contributed by atoms with Gasteiger partial charge in [-0.15, -0.1) is 0 Å². The molecule has 0 atom stereocenters. The maximum Gasteiger partial charge on any atom is 0.157 e. The molecule has 0 bridgehead atoms. The van der Waals surface area contributed by atoms with E-state index in [4.69, 9.17) is 0 Å². The van der Waals surface area contributed by atoms with Crippen LogP contribution in [0.3, 0.4) is 0 Å². The Hall–Kier alpha value is -1.62. The number of nitrogens with one attached hydrogen (secondary N) is 1. The molecule has 0 aliphatic heterocycles. The predicted molar refractivity (Wildman–Crippen MR) is 78.5 cm³/mol. The van der Waals surface area contributed by atoms with Crippen LogP contribution in [-0.2, 0) is 0 Å². The minimum atomic E-state index is 0.562. The van der Waals surface area contributed by atoms with Crippen molar-refractivity contribution in [3.63, 3.8) is 0 Å². The van der Waals surface area contributed by atoms with E-state index in [9.17, 15) is 0 Å². The van der Waals surface area contributed by atoms with Crippen molar-refractivity contribution < 1.29 is 0 Å². The standard InChI is InChI=1S/C14H23N5/c1-11(2)18(12(3)4)10-8-15-13-6-9-19-14(17-13)5-7-16-19/h5-7,9,11-12H,8,10H2,1-4H3,(H,15,17). The third-order valence-electron chi connectivity index (χ3n) is 3.26. The smallest absolute Gasteiger partial charge is 0.157 e. The molecule has 104 valence electrons. The van der Waals surface area contributed by atoms with Crippen molar-refractivity contribution in [2.45, 2.75) is 39.8 Å². The molecule has 0 aliphatic carbocycles. The Bertz CT molecular complexity index is 509. The Balaban J connectivity index is 1.91. The van der Waals surface area contributed by atoms with Crippen LogP contribution in [0.5, 0.6) is 0 Å². The molecule has 5 nitrogen and oxygen atoms in total. The molecule has 2 heterocycles. The first kappa shape index (κ1) is 13.8. The van der Waals surface area contributed by atoms with E-state index < -0.39 is 0 Å². The summed E-state index contributed by atoms with van der Waals surface area (Å²) >= 11 is 0.